The lowest BCUT2D eigenvalue weighted by Crippen LogP contribution is -2.41. The molecule has 6 heteroatoms. The van der Waals surface area contributed by atoms with Crippen LogP contribution in [0.1, 0.15) is 25.3 Å². The van der Waals surface area contributed by atoms with Gasteiger partial charge in [0, 0.05) is 24.7 Å². The molecule has 1 heterocycles. The number of methoxy groups -OCH3 is 3. The van der Waals surface area contributed by atoms with E-state index in [4.69, 9.17) is 19.9 Å². The average Bonchev–Trinajstić information content (AvgIpc) is 2.54. The van der Waals surface area contributed by atoms with Gasteiger partial charge in [-0.1, -0.05) is 6.07 Å². The van der Waals surface area contributed by atoms with Crippen LogP contribution in [0.4, 0.5) is 0 Å². The summed E-state index contributed by atoms with van der Waals surface area (Å²) in [5, 5.41) is 0. The average molecular weight is 345 g/mol. The molecule has 1 aliphatic heterocycles. The Bertz CT molecular complexity index is 497. The molecule has 2 unspecified atom stereocenters. The summed E-state index contributed by atoms with van der Waals surface area (Å²) >= 11 is 0. The smallest absolute Gasteiger partial charge is 0.203 e. The molecule has 2 N–H and O–H groups in total. The van der Waals surface area contributed by atoms with Crippen LogP contribution < -0.4 is 19.9 Å². The number of hydrogen-bond donors (Lipinski definition) is 1. The lowest BCUT2D eigenvalue weighted by molar-refractivity contribution is 0.152. The van der Waals surface area contributed by atoms with Gasteiger partial charge in [-0.05, 0) is 38.3 Å². The summed E-state index contributed by atoms with van der Waals surface area (Å²) in [5.41, 5.74) is 7.19. The first-order chi connectivity index (χ1) is 10.6. The van der Waals surface area contributed by atoms with Crippen LogP contribution in [-0.4, -0.2) is 45.4 Å². The Hall–Kier alpha value is -1.17. The topological polar surface area (TPSA) is 57.0 Å². The Morgan fingerprint density at radius 1 is 1.17 bits per heavy atom. The minimum atomic E-state index is 0. The fourth-order valence-electron chi connectivity index (χ4n) is 3.19. The van der Waals surface area contributed by atoms with Gasteiger partial charge in [-0.2, -0.15) is 0 Å². The van der Waals surface area contributed by atoms with E-state index in [1.807, 2.05) is 6.07 Å². The number of benzene rings is 1. The minimum Gasteiger partial charge on any atom is -0.493 e. The van der Waals surface area contributed by atoms with E-state index in [1.165, 1.54) is 12.8 Å². The largest absolute Gasteiger partial charge is 0.493 e. The molecule has 0 saturated carbocycles. The molecule has 1 aromatic rings. The van der Waals surface area contributed by atoms with Crippen molar-refractivity contribution in [2.24, 2.45) is 11.7 Å². The Morgan fingerprint density at radius 2 is 1.87 bits per heavy atom. The van der Waals surface area contributed by atoms with Gasteiger partial charge >= 0.3 is 0 Å². The van der Waals surface area contributed by atoms with Crippen LogP contribution in [0.3, 0.4) is 0 Å². The quantitative estimate of drug-likeness (QED) is 0.859. The van der Waals surface area contributed by atoms with Gasteiger partial charge in [-0.3, -0.25) is 4.90 Å². The highest BCUT2D eigenvalue weighted by atomic mass is 35.5. The second kappa shape index (κ2) is 9.21. The molecule has 2 rings (SSSR count). The molecule has 1 aromatic carbocycles. The Morgan fingerprint density at radius 3 is 2.43 bits per heavy atom. The molecule has 1 fully saturated rings. The van der Waals surface area contributed by atoms with Gasteiger partial charge in [0.1, 0.15) is 0 Å². The summed E-state index contributed by atoms with van der Waals surface area (Å²) in [5.74, 6) is 2.67. The molecule has 2 atom stereocenters. The number of likely N-dealkylation sites (tertiary alicyclic amines) is 1. The molecular weight excluding hydrogens is 316 g/mol. The van der Waals surface area contributed by atoms with E-state index in [1.54, 1.807) is 21.3 Å². The highest BCUT2D eigenvalue weighted by Gasteiger charge is 2.24. The molecule has 0 amide bonds. The van der Waals surface area contributed by atoms with Gasteiger partial charge < -0.3 is 19.9 Å². The van der Waals surface area contributed by atoms with Crippen LogP contribution in [0.5, 0.6) is 17.2 Å². The predicted molar refractivity (Wildman–Crippen MR) is 95.0 cm³/mol. The first-order valence-corrected chi connectivity index (χ1v) is 7.86. The van der Waals surface area contributed by atoms with Crippen LogP contribution in [0, 0.1) is 5.92 Å². The first kappa shape index (κ1) is 19.9. The predicted octanol–water partition coefficient (Wildman–Crippen LogP) is 2.69. The van der Waals surface area contributed by atoms with E-state index >= 15 is 0 Å². The standard InChI is InChI=1S/C17H28N2O3.ClH/c1-12(18)13-6-5-9-19(10-13)11-14-7-8-15(20-2)17(22-4)16(14)21-3;/h7-8,12-13H,5-6,9-11,18H2,1-4H3;1H. The minimum absolute atomic E-state index is 0. The third kappa shape index (κ3) is 4.66. The van der Waals surface area contributed by atoms with Crippen molar-refractivity contribution >= 4 is 12.4 Å². The zero-order valence-corrected chi connectivity index (χ0v) is 15.3. The summed E-state index contributed by atoms with van der Waals surface area (Å²) in [6.07, 6.45) is 2.42. The number of rotatable bonds is 6. The van der Waals surface area contributed by atoms with E-state index in [2.05, 4.69) is 17.9 Å². The van der Waals surface area contributed by atoms with Crippen molar-refractivity contribution in [1.82, 2.24) is 4.90 Å². The molecule has 0 aromatic heterocycles. The van der Waals surface area contributed by atoms with Crippen molar-refractivity contribution < 1.29 is 14.2 Å². The molecule has 1 saturated heterocycles. The Kier molecular flexibility index (Phi) is 7.95. The van der Waals surface area contributed by atoms with Crippen molar-refractivity contribution in [1.29, 1.82) is 0 Å². The maximum absolute atomic E-state index is 6.07. The van der Waals surface area contributed by atoms with E-state index in [9.17, 15) is 0 Å². The van der Waals surface area contributed by atoms with Crippen LogP contribution in [0.15, 0.2) is 12.1 Å². The zero-order valence-electron chi connectivity index (χ0n) is 14.5. The summed E-state index contributed by atoms with van der Waals surface area (Å²) in [6.45, 7) is 5.08. The van der Waals surface area contributed by atoms with E-state index in [0.29, 0.717) is 17.4 Å². The second-order valence-corrected chi connectivity index (χ2v) is 5.99. The van der Waals surface area contributed by atoms with Gasteiger partial charge in [0.25, 0.3) is 0 Å². The second-order valence-electron chi connectivity index (χ2n) is 5.99. The van der Waals surface area contributed by atoms with Crippen LogP contribution in [0.25, 0.3) is 0 Å². The summed E-state index contributed by atoms with van der Waals surface area (Å²) in [4.78, 5) is 2.45. The molecule has 5 nitrogen and oxygen atoms in total. The summed E-state index contributed by atoms with van der Waals surface area (Å²) in [7, 11) is 4.94. The van der Waals surface area contributed by atoms with E-state index < -0.39 is 0 Å². The number of halogens is 1. The number of piperidine rings is 1. The lowest BCUT2D eigenvalue weighted by atomic mass is 9.92. The fraction of sp³-hybridized carbons (Fsp3) is 0.647. The maximum Gasteiger partial charge on any atom is 0.203 e. The number of ether oxygens (including phenoxy) is 3. The third-order valence-corrected chi connectivity index (χ3v) is 4.47. The number of hydrogen-bond acceptors (Lipinski definition) is 5. The lowest BCUT2D eigenvalue weighted by Gasteiger charge is -2.35. The SMILES string of the molecule is COc1ccc(CN2CCCC(C(C)N)C2)c(OC)c1OC.Cl. The van der Waals surface area contributed by atoms with Crippen LogP contribution >= 0.6 is 12.4 Å². The summed E-state index contributed by atoms with van der Waals surface area (Å²) in [6, 6.07) is 4.23. The van der Waals surface area contributed by atoms with Gasteiger partial charge in [-0.25, -0.2) is 0 Å². The molecule has 0 radical (unpaired) electrons. The monoisotopic (exact) mass is 344 g/mol. The molecule has 0 spiro atoms. The normalized spacial score (nSPS) is 19.6. The van der Waals surface area contributed by atoms with Crippen molar-refractivity contribution in [3.8, 4) is 17.2 Å². The molecule has 0 bridgehead atoms. The molecule has 23 heavy (non-hydrogen) atoms. The van der Waals surface area contributed by atoms with Crippen molar-refractivity contribution in [2.75, 3.05) is 34.4 Å². The van der Waals surface area contributed by atoms with Crippen molar-refractivity contribution in [3.05, 3.63) is 17.7 Å². The summed E-state index contributed by atoms with van der Waals surface area (Å²) < 4.78 is 16.4. The van der Waals surface area contributed by atoms with Crippen LogP contribution in [-0.2, 0) is 6.54 Å². The molecular formula is C17H29ClN2O3. The molecule has 1 aliphatic rings. The van der Waals surface area contributed by atoms with Gasteiger partial charge in [-0.15, -0.1) is 12.4 Å². The Balaban J connectivity index is 0.00000264. The van der Waals surface area contributed by atoms with Crippen molar-refractivity contribution in [3.63, 3.8) is 0 Å². The first-order valence-electron chi connectivity index (χ1n) is 7.86. The van der Waals surface area contributed by atoms with Gasteiger partial charge in [0.05, 0.1) is 21.3 Å². The van der Waals surface area contributed by atoms with Crippen molar-refractivity contribution in [2.45, 2.75) is 32.4 Å². The Labute approximate surface area is 145 Å². The molecule has 132 valence electrons. The fourth-order valence-corrected chi connectivity index (χ4v) is 3.19. The molecule has 0 aliphatic carbocycles. The van der Waals surface area contributed by atoms with E-state index in [-0.39, 0.29) is 18.4 Å². The third-order valence-electron chi connectivity index (χ3n) is 4.47. The number of nitrogens with zero attached hydrogens (tertiary/aromatic N) is 1. The van der Waals surface area contributed by atoms with E-state index in [0.717, 1.165) is 30.9 Å². The highest BCUT2D eigenvalue weighted by molar-refractivity contribution is 5.85. The zero-order chi connectivity index (χ0) is 16.1. The van der Waals surface area contributed by atoms with Gasteiger partial charge in [0.2, 0.25) is 5.75 Å². The number of nitrogens with two attached hydrogens (primary N) is 1. The van der Waals surface area contributed by atoms with Gasteiger partial charge in [0.15, 0.2) is 11.5 Å². The van der Waals surface area contributed by atoms with Crippen LogP contribution in [0.2, 0.25) is 0 Å². The highest BCUT2D eigenvalue weighted by Crippen LogP contribution is 2.40. The maximum atomic E-state index is 6.07.